The molecule has 0 radical (unpaired) electrons. The molecule has 1 rings (SSSR count). The first-order chi connectivity index (χ1) is 6.49. The van der Waals surface area contributed by atoms with E-state index < -0.39 is 0 Å². The molecule has 1 aromatic rings. The van der Waals surface area contributed by atoms with E-state index in [1.807, 2.05) is 6.92 Å². The molecule has 0 N–H and O–H groups in total. The van der Waals surface area contributed by atoms with Crippen LogP contribution in [0.25, 0.3) is 0 Å². The average Bonchev–Trinajstić information content (AvgIpc) is 2.16. The van der Waals surface area contributed by atoms with E-state index in [1.54, 1.807) is 0 Å². The minimum atomic E-state index is 0.0532. The maximum Gasteiger partial charge on any atom is 0.138 e. The zero-order chi connectivity index (χ0) is 10.8. The second-order valence-electron chi connectivity index (χ2n) is 4.21. The van der Waals surface area contributed by atoms with Crippen LogP contribution < -0.4 is 0 Å². The van der Waals surface area contributed by atoms with Crippen LogP contribution >= 0.6 is 0 Å². The van der Waals surface area contributed by atoms with E-state index >= 15 is 0 Å². The Morgan fingerprint density at radius 2 is 1.71 bits per heavy atom. The van der Waals surface area contributed by atoms with Gasteiger partial charge in [-0.15, -0.1) is 0 Å². The van der Waals surface area contributed by atoms with Gasteiger partial charge in [0.25, 0.3) is 0 Å². The lowest BCUT2D eigenvalue weighted by Gasteiger charge is -2.21. The van der Waals surface area contributed by atoms with E-state index in [4.69, 9.17) is 0 Å². The molecule has 0 aromatic carbocycles. The quantitative estimate of drug-likeness (QED) is 0.740. The number of rotatable bonds is 3. The molecule has 0 amide bonds. The molecule has 3 heteroatoms. The Morgan fingerprint density at radius 1 is 1.07 bits per heavy atom. The first-order valence-corrected chi connectivity index (χ1v) is 5.21. The molecule has 0 spiro atoms. The lowest BCUT2D eigenvalue weighted by atomic mass is 9.89. The van der Waals surface area contributed by atoms with Crippen molar-refractivity contribution >= 4 is 0 Å². The summed E-state index contributed by atoms with van der Waals surface area (Å²) in [5.74, 6) is 2.65. The standard InChI is InChI=1S/C11H19N3/c1-6-9-12-8(3)13-10(14-9)11(4,5)7-2/h6-7H2,1-5H3. The highest BCUT2D eigenvalue weighted by Gasteiger charge is 2.22. The Kier molecular flexibility index (Phi) is 3.19. The largest absolute Gasteiger partial charge is 0.218 e. The van der Waals surface area contributed by atoms with E-state index in [1.165, 1.54) is 0 Å². The summed E-state index contributed by atoms with van der Waals surface area (Å²) < 4.78 is 0. The first-order valence-electron chi connectivity index (χ1n) is 5.21. The smallest absolute Gasteiger partial charge is 0.138 e. The fourth-order valence-electron chi connectivity index (χ4n) is 1.16. The van der Waals surface area contributed by atoms with Crippen molar-refractivity contribution in [1.29, 1.82) is 0 Å². The van der Waals surface area contributed by atoms with Crippen molar-refractivity contribution in [1.82, 2.24) is 15.0 Å². The third-order valence-electron chi connectivity index (χ3n) is 2.60. The normalized spacial score (nSPS) is 11.8. The highest BCUT2D eigenvalue weighted by atomic mass is 15.0. The van der Waals surface area contributed by atoms with Crippen LogP contribution in [0.15, 0.2) is 0 Å². The molecule has 0 unspecified atom stereocenters. The van der Waals surface area contributed by atoms with Gasteiger partial charge >= 0.3 is 0 Å². The zero-order valence-corrected chi connectivity index (χ0v) is 9.76. The van der Waals surface area contributed by atoms with Gasteiger partial charge in [0.1, 0.15) is 17.5 Å². The number of hydrogen-bond donors (Lipinski definition) is 0. The number of nitrogens with zero attached hydrogens (tertiary/aromatic N) is 3. The molecule has 1 heterocycles. The van der Waals surface area contributed by atoms with Crippen LogP contribution in [0.3, 0.4) is 0 Å². The molecule has 0 aliphatic carbocycles. The monoisotopic (exact) mass is 193 g/mol. The molecule has 14 heavy (non-hydrogen) atoms. The molecule has 0 aliphatic heterocycles. The molecule has 0 aliphatic rings. The van der Waals surface area contributed by atoms with E-state index in [2.05, 4.69) is 42.6 Å². The third-order valence-corrected chi connectivity index (χ3v) is 2.60. The van der Waals surface area contributed by atoms with Gasteiger partial charge in [-0.05, 0) is 13.3 Å². The van der Waals surface area contributed by atoms with Crippen molar-refractivity contribution in [2.75, 3.05) is 0 Å². The first kappa shape index (κ1) is 11.1. The van der Waals surface area contributed by atoms with Gasteiger partial charge in [0.15, 0.2) is 0 Å². The highest BCUT2D eigenvalue weighted by molar-refractivity contribution is 5.06. The van der Waals surface area contributed by atoms with Crippen molar-refractivity contribution in [2.45, 2.75) is 52.9 Å². The lowest BCUT2D eigenvalue weighted by molar-refractivity contribution is 0.465. The van der Waals surface area contributed by atoms with Gasteiger partial charge in [0.2, 0.25) is 0 Å². The summed E-state index contributed by atoms with van der Waals surface area (Å²) in [6, 6.07) is 0. The van der Waals surface area contributed by atoms with Crippen molar-refractivity contribution in [3.63, 3.8) is 0 Å². The van der Waals surface area contributed by atoms with Gasteiger partial charge in [-0.3, -0.25) is 0 Å². The molecule has 1 aromatic heterocycles. The number of aryl methyl sites for hydroxylation is 2. The van der Waals surface area contributed by atoms with Gasteiger partial charge in [-0.25, -0.2) is 15.0 Å². The predicted octanol–water partition coefficient (Wildman–Crippen LogP) is 2.43. The molecule has 0 atom stereocenters. The van der Waals surface area contributed by atoms with Gasteiger partial charge < -0.3 is 0 Å². The Hall–Kier alpha value is -0.990. The molecule has 78 valence electrons. The SMILES string of the molecule is CCc1nc(C)nc(C(C)(C)CC)n1. The van der Waals surface area contributed by atoms with Crippen molar-refractivity contribution in [3.05, 3.63) is 17.5 Å². The van der Waals surface area contributed by atoms with E-state index in [-0.39, 0.29) is 5.41 Å². The Bertz CT molecular complexity index is 318. The van der Waals surface area contributed by atoms with Crippen LogP contribution in [0.2, 0.25) is 0 Å². The summed E-state index contributed by atoms with van der Waals surface area (Å²) in [5, 5.41) is 0. The summed E-state index contributed by atoms with van der Waals surface area (Å²) in [7, 11) is 0. The summed E-state index contributed by atoms with van der Waals surface area (Å²) in [6.07, 6.45) is 1.91. The Labute approximate surface area is 86.0 Å². The summed E-state index contributed by atoms with van der Waals surface area (Å²) >= 11 is 0. The van der Waals surface area contributed by atoms with E-state index in [0.29, 0.717) is 0 Å². The van der Waals surface area contributed by atoms with Crippen molar-refractivity contribution in [2.24, 2.45) is 0 Å². The maximum atomic E-state index is 4.47. The second kappa shape index (κ2) is 4.03. The van der Waals surface area contributed by atoms with Crippen LogP contribution in [-0.2, 0) is 11.8 Å². The molecule has 0 bridgehead atoms. The minimum Gasteiger partial charge on any atom is -0.218 e. The fourth-order valence-corrected chi connectivity index (χ4v) is 1.16. The molecular weight excluding hydrogens is 174 g/mol. The van der Waals surface area contributed by atoms with Gasteiger partial charge in [0.05, 0.1) is 0 Å². The predicted molar refractivity (Wildman–Crippen MR) is 57.3 cm³/mol. The molecule has 3 nitrogen and oxygen atoms in total. The molecule has 0 fully saturated rings. The minimum absolute atomic E-state index is 0.0532. The van der Waals surface area contributed by atoms with Crippen LogP contribution in [0, 0.1) is 6.92 Å². The molecule has 0 saturated carbocycles. The summed E-state index contributed by atoms with van der Waals surface area (Å²) in [4.78, 5) is 13.2. The van der Waals surface area contributed by atoms with Crippen molar-refractivity contribution in [3.8, 4) is 0 Å². The fraction of sp³-hybridized carbons (Fsp3) is 0.727. The van der Waals surface area contributed by atoms with Gasteiger partial charge in [-0.2, -0.15) is 0 Å². The Balaban J connectivity index is 3.15. The van der Waals surface area contributed by atoms with Crippen LogP contribution in [0.1, 0.15) is 51.6 Å². The summed E-state index contributed by atoms with van der Waals surface area (Å²) in [5.41, 5.74) is 0.0532. The second-order valence-corrected chi connectivity index (χ2v) is 4.21. The van der Waals surface area contributed by atoms with Gasteiger partial charge in [-0.1, -0.05) is 27.7 Å². The van der Waals surface area contributed by atoms with Gasteiger partial charge in [0, 0.05) is 11.8 Å². The van der Waals surface area contributed by atoms with E-state index in [0.717, 1.165) is 30.3 Å². The topological polar surface area (TPSA) is 38.7 Å². The molecular formula is C11H19N3. The zero-order valence-electron chi connectivity index (χ0n) is 9.76. The average molecular weight is 193 g/mol. The van der Waals surface area contributed by atoms with Crippen LogP contribution in [0.4, 0.5) is 0 Å². The third kappa shape index (κ3) is 2.28. The molecule has 0 saturated heterocycles. The summed E-state index contributed by atoms with van der Waals surface area (Å²) in [6.45, 7) is 10.5. The number of aromatic nitrogens is 3. The Morgan fingerprint density at radius 3 is 2.21 bits per heavy atom. The maximum absolute atomic E-state index is 4.47. The lowest BCUT2D eigenvalue weighted by Crippen LogP contribution is -2.21. The number of hydrogen-bond acceptors (Lipinski definition) is 3. The highest BCUT2D eigenvalue weighted by Crippen LogP contribution is 2.23. The van der Waals surface area contributed by atoms with Crippen LogP contribution in [0.5, 0.6) is 0 Å². The van der Waals surface area contributed by atoms with Crippen molar-refractivity contribution < 1.29 is 0 Å². The van der Waals surface area contributed by atoms with E-state index in [9.17, 15) is 0 Å². The van der Waals surface area contributed by atoms with Crippen LogP contribution in [-0.4, -0.2) is 15.0 Å².